The number of aliphatic carboxylic acids is 1. The second kappa shape index (κ2) is 17.8. The number of carboxylic acids is 1. The summed E-state index contributed by atoms with van der Waals surface area (Å²) in [6.07, 6.45) is 20.0. The third-order valence-corrected chi connectivity index (χ3v) is 6.12. The fraction of sp³-hybridized carbons (Fsp3) is 0.950. The van der Waals surface area contributed by atoms with E-state index in [0.29, 0.717) is 6.42 Å². The Bertz CT molecular complexity index is 424. The highest BCUT2D eigenvalue weighted by atomic mass is 32.2. The van der Waals surface area contributed by atoms with Gasteiger partial charge < -0.3 is 5.11 Å². The molecule has 0 aliphatic carbocycles. The zero-order valence-corrected chi connectivity index (χ0v) is 17.6. The molecule has 0 aromatic carbocycles. The maximum absolute atomic E-state index is 11.5. The summed E-state index contributed by atoms with van der Waals surface area (Å²) < 4.78 is 25.1. The number of sulfonamides is 1. The summed E-state index contributed by atoms with van der Waals surface area (Å²) >= 11 is 0. The topological polar surface area (TPSA) is 83.5 Å². The van der Waals surface area contributed by atoms with Crippen LogP contribution in [0.5, 0.6) is 0 Å². The lowest BCUT2D eigenvalue weighted by Gasteiger charge is -2.05. The maximum Gasteiger partial charge on any atom is 0.318 e. The van der Waals surface area contributed by atoms with Gasteiger partial charge in [-0.3, -0.25) is 4.79 Å². The highest BCUT2D eigenvalue weighted by molar-refractivity contribution is 7.89. The first-order valence-electron chi connectivity index (χ1n) is 10.7. The summed E-state index contributed by atoms with van der Waals surface area (Å²) in [5.41, 5.74) is 0. The monoisotopic (exact) mass is 391 g/mol. The minimum atomic E-state index is -3.43. The molecule has 0 aromatic rings. The van der Waals surface area contributed by atoms with Crippen molar-refractivity contribution >= 4 is 16.0 Å². The molecular weight excluding hydrogens is 350 g/mol. The fourth-order valence-electron chi connectivity index (χ4n) is 3.08. The average Bonchev–Trinajstić information content (AvgIpc) is 2.60. The molecule has 0 atom stereocenters. The van der Waals surface area contributed by atoms with Gasteiger partial charge in [0.25, 0.3) is 0 Å². The molecular formula is C20H41NO4S. The van der Waals surface area contributed by atoms with Crippen LogP contribution in [0.3, 0.4) is 0 Å². The molecule has 2 N–H and O–H groups in total. The van der Waals surface area contributed by atoms with Gasteiger partial charge in [0.2, 0.25) is 10.0 Å². The predicted molar refractivity (Wildman–Crippen MR) is 109 cm³/mol. The van der Waals surface area contributed by atoms with Gasteiger partial charge in [-0.2, -0.15) is 0 Å². The van der Waals surface area contributed by atoms with Crippen molar-refractivity contribution in [1.82, 2.24) is 4.72 Å². The Balaban J connectivity index is 3.23. The normalized spacial score (nSPS) is 11.7. The van der Waals surface area contributed by atoms with E-state index < -0.39 is 22.5 Å². The molecule has 0 aliphatic heterocycles. The highest BCUT2D eigenvalue weighted by Crippen LogP contribution is 2.13. The lowest BCUT2D eigenvalue weighted by Crippen LogP contribution is -2.31. The zero-order chi connectivity index (χ0) is 19.5. The van der Waals surface area contributed by atoms with Gasteiger partial charge in [-0.25, -0.2) is 13.1 Å². The van der Waals surface area contributed by atoms with Crippen molar-refractivity contribution in [3.05, 3.63) is 0 Å². The van der Waals surface area contributed by atoms with E-state index in [1.807, 2.05) is 0 Å². The Morgan fingerprint density at radius 3 is 1.38 bits per heavy atom. The van der Waals surface area contributed by atoms with Gasteiger partial charge in [-0.05, 0) is 6.42 Å². The largest absolute Gasteiger partial charge is 0.480 e. The lowest BCUT2D eigenvalue weighted by atomic mass is 10.0. The Hall–Kier alpha value is -0.620. The summed E-state index contributed by atoms with van der Waals surface area (Å²) in [6, 6.07) is 0. The summed E-state index contributed by atoms with van der Waals surface area (Å²) in [4.78, 5) is 10.3. The lowest BCUT2D eigenvalue weighted by molar-refractivity contribution is -0.135. The number of carboxylic acid groups (broad SMARTS) is 1. The molecule has 0 aromatic heterocycles. The molecule has 6 heteroatoms. The SMILES string of the molecule is CCCCCCCCCCCCCCCCCCS(=O)(=O)NCC(=O)O. The maximum atomic E-state index is 11.5. The first-order valence-corrected chi connectivity index (χ1v) is 12.3. The summed E-state index contributed by atoms with van der Waals surface area (Å²) in [5, 5.41) is 8.46. The van der Waals surface area contributed by atoms with Gasteiger partial charge in [0.15, 0.2) is 0 Å². The van der Waals surface area contributed by atoms with Crippen molar-refractivity contribution in [2.75, 3.05) is 12.3 Å². The second-order valence-corrected chi connectivity index (χ2v) is 9.26. The third kappa shape index (κ3) is 19.7. The van der Waals surface area contributed by atoms with Crippen LogP contribution >= 0.6 is 0 Å². The molecule has 5 nitrogen and oxygen atoms in total. The third-order valence-electron chi connectivity index (χ3n) is 4.71. The Morgan fingerprint density at radius 1 is 0.692 bits per heavy atom. The summed E-state index contributed by atoms with van der Waals surface area (Å²) in [7, 11) is -3.43. The smallest absolute Gasteiger partial charge is 0.318 e. The van der Waals surface area contributed by atoms with Crippen LogP contribution in [0.4, 0.5) is 0 Å². The molecule has 0 rings (SSSR count). The van der Waals surface area contributed by atoms with Crippen LogP contribution in [0, 0.1) is 0 Å². The van der Waals surface area contributed by atoms with Crippen LogP contribution in [0.2, 0.25) is 0 Å². The Labute approximate surface area is 161 Å². The Kier molecular flexibility index (Phi) is 17.4. The van der Waals surface area contributed by atoms with Crippen molar-refractivity contribution in [1.29, 1.82) is 0 Å². The van der Waals surface area contributed by atoms with Crippen LogP contribution < -0.4 is 4.72 Å². The molecule has 0 aliphatic rings. The average molecular weight is 392 g/mol. The molecule has 26 heavy (non-hydrogen) atoms. The quantitative estimate of drug-likeness (QED) is 0.278. The van der Waals surface area contributed by atoms with E-state index in [2.05, 4.69) is 11.6 Å². The first kappa shape index (κ1) is 25.4. The number of hydrogen-bond acceptors (Lipinski definition) is 3. The molecule has 0 saturated carbocycles. The van der Waals surface area contributed by atoms with Crippen LogP contribution in [0.15, 0.2) is 0 Å². The molecule has 0 radical (unpaired) electrons. The van der Waals surface area contributed by atoms with E-state index in [1.54, 1.807) is 0 Å². The van der Waals surface area contributed by atoms with Gasteiger partial charge in [0, 0.05) is 0 Å². The number of hydrogen-bond donors (Lipinski definition) is 2. The van der Waals surface area contributed by atoms with E-state index in [4.69, 9.17) is 5.11 Å². The molecule has 0 spiro atoms. The minimum absolute atomic E-state index is 0.0265. The van der Waals surface area contributed by atoms with Crippen molar-refractivity contribution in [3.8, 4) is 0 Å². The van der Waals surface area contributed by atoms with E-state index >= 15 is 0 Å². The van der Waals surface area contributed by atoms with E-state index in [1.165, 1.54) is 83.5 Å². The van der Waals surface area contributed by atoms with Crippen LogP contribution in [-0.4, -0.2) is 31.8 Å². The predicted octanol–water partition coefficient (Wildman–Crippen LogP) is 5.25. The standard InChI is InChI=1S/C20H41NO4S/c1-2-3-4-5-6-7-8-9-10-11-12-13-14-15-16-17-18-26(24,25)21-19-20(22)23/h21H,2-19H2,1H3,(H,22,23). The number of carbonyl (C=O) groups is 1. The van der Waals surface area contributed by atoms with Gasteiger partial charge in [0.05, 0.1) is 5.75 Å². The van der Waals surface area contributed by atoms with E-state index in [9.17, 15) is 13.2 Å². The molecule has 0 fully saturated rings. The van der Waals surface area contributed by atoms with Crippen molar-refractivity contribution in [2.45, 2.75) is 110 Å². The van der Waals surface area contributed by atoms with Gasteiger partial charge in [-0.15, -0.1) is 0 Å². The zero-order valence-electron chi connectivity index (χ0n) is 16.8. The molecule has 0 bridgehead atoms. The van der Waals surface area contributed by atoms with Crippen molar-refractivity contribution in [2.24, 2.45) is 0 Å². The molecule has 0 saturated heterocycles. The minimum Gasteiger partial charge on any atom is -0.480 e. The van der Waals surface area contributed by atoms with Gasteiger partial charge in [-0.1, -0.05) is 103 Å². The Morgan fingerprint density at radius 2 is 1.04 bits per heavy atom. The van der Waals surface area contributed by atoms with Crippen LogP contribution in [0.1, 0.15) is 110 Å². The number of rotatable bonds is 20. The fourth-order valence-corrected chi connectivity index (χ4v) is 4.16. The number of nitrogens with one attached hydrogen (secondary N) is 1. The first-order chi connectivity index (χ1) is 12.5. The molecule has 0 heterocycles. The van der Waals surface area contributed by atoms with Crippen molar-refractivity contribution < 1.29 is 18.3 Å². The second-order valence-electron chi connectivity index (χ2n) is 7.34. The molecule has 156 valence electrons. The van der Waals surface area contributed by atoms with Gasteiger partial charge in [0.1, 0.15) is 6.54 Å². The van der Waals surface area contributed by atoms with Crippen molar-refractivity contribution in [3.63, 3.8) is 0 Å². The highest BCUT2D eigenvalue weighted by Gasteiger charge is 2.10. The van der Waals surface area contributed by atoms with Crippen LogP contribution in [-0.2, 0) is 14.8 Å². The molecule has 0 unspecified atom stereocenters. The summed E-state index contributed by atoms with van der Waals surface area (Å²) in [6.45, 7) is 1.73. The molecule has 0 amide bonds. The van der Waals surface area contributed by atoms with E-state index in [0.717, 1.165) is 12.8 Å². The van der Waals surface area contributed by atoms with Crippen LogP contribution in [0.25, 0.3) is 0 Å². The van der Waals surface area contributed by atoms with E-state index in [-0.39, 0.29) is 5.75 Å². The summed E-state index contributed by atoms with van der Waals surface area (Å²) in [5.74, 6) is -1.13. The van der Waals surface area contributed by atoms with Gasteiger partial charge >= 0.3 is 5.97 Å². The number of unbranched alkanes of at least 4 members (excludes halogenated alkanes) is 15.